The summed E-state index contributed by atoms with van der Waals surface area (Å²) in [6.07, 6.45) is 19.8. The summed E-state index contributed by atoms with van der Waals surface area (Å²) in [5, 5.41) is 5.70. The van der Waals surface area contributed by atoms with Crippen LogP contribution >= 0.6 is 11.3 Å². The molecule has 0 aliphatic heterocycles. The molecule has 12 rings (SSSR count). The van der Waals surface area contributed by atoms with Crippen molar-refractivity contribution in [3.8, 4) is 11.1 Å². The molecule has 4 aromatic carbocycles. The molecular weight excluding hydrogens is 623 g/mol. The molecule has 2 heteroatoms. The van der Waals surface area contributed by atoms with Crippen molar-refractivity contribution in [2.45, 2.75) is 89.5 Å². The molecule has 0 saturated heterocycles. The lowest BCUT2D eigenvalue weighted by atomic mass is 9.37. The van der Waals surface area contributed by atoms with Crippen LogP contribution in [0.1, 0.15) is 89.5 Å². The topological polar surface area (TPSA) is 4.93 Å². The van der Waals surface area contributed by atoms with Gasteiger partial charge in [-0.25, -0.2) is 0 Å². The molecule has 6 saturated carbocycles. The van der Waals surface area contributed by atoms with Crippen molar-refractivity contribution in [2.75, 3.05) is 0 Å². The van der Waals surface area contributed by atoms with Crippen LogP contribution in [0.3, 0.4) is 0 Å². The molecule has 50 heavy (non-hydrogen) atoms. The number of fused-ring (bicyclic) bond motifs is 12. The maximum Gasteiger partial charge on any atom is 0.0494 e. The highest BCUT2D eigenvalue weighted by molar-refractivity contribution is 7.26. The molecule has 254 valence electrons. The third kappa shape index (κ3) is 4.07. The number of rotatable bonds is 2. The maximum absolute atomic E-state index is 2.92. The Bertz CT molecular complexity index is 2230. The predicted octanol–water partition coefficient (Wildman–Crippen LogP) is 13.7. The number of nitrogens with zero attached hydrogens (tertiary/aromatic N) is 1. The Kier molecular flexibility index (Phi) is 6.60. The standard InChI is InChI=1S/C48H51NS/c1-3-13-33-31(11-1)37-18-10-19-38-32-12-2-4-14-34(32)42-27-29(26-41(33)47(42)46(37)38)49-43-21-7-5-15-35(43)40-25-28(23-24-44(40)49)30-17-9-20-39-36-16-6-8-22-45(36)50-48(30)39/h5-9,15-17,20-25,29,31-34,37-38,41-42,46-47H,1-4,10-14,18-19,26-27H2. The smallest absolute Gasteiger partial charge is 0.0494 e. The van der Waals surface area contributed by atoms with Gasteiger partial charge < -0.3 is 4.57 Å². The van der Waals surface area contributed by atoms with Gasteiger partial charge in [0.25, 0.3) is 0 Å². The van der Waals surface area contributed by atoms with E-state index in [1.165, 1.54) is 104 Å². The average molecular weight is 674 g/mol. The maximum atomic E-state index is 2.92. The molecule has 6 aromatic rings. The summed E-state index contributed by atoms with van der Waals surface area (Å²) in [5.41, 5.74) is 5.73. The minimum atomic E-state index is 0.627. The summed E-state index contributed by atoms with van der Waals surface area (Å²) in [6.45, 7) is 0. The third-order valence-corrected chi connectivity index (χ3v) is 17.5. The Labute approximate surface area is 301 Å². The zero-order valence-electron chi connectivity index (χ0n) is 29.5. The lowest BCUT2D eigenvalue weighted by Gasteiger charge is -2.68. The molecule has 6 fully saturated rings. The largest absolute Gasteiger partial charge is 0.337 e. The van der Waals surface area contributed by atoms with Gasteiger partial charge >= 0.3 is 0 Å². The van der Waals surface area contributed by atoms with Crippen LogP contribution < -0.4 is 0 Å². The Balaban J connectivity index is 1.01. The van der Waals surface area contributed by atoms with E-state index < -0.39 is 0 Å². The highest BCUT2D eigenvalue weighted by Crippen LogP contribution is 2.70. The summed E-state index contributed by atoms with van der Waals surface area (Å²) < 4.78 is 5.73. The van der Waals surface area contributed by atoms with Crippen LogP contribution in [0, 0.1) is 59.2 Å². The van der Waals surface area contributed by atoms with E-state index in [2.05, 4.69) is 89.5 Å². The zero-order valence-corrected chi connectivity index (χ0v) is 30.3. The number of hydrogen-bond donors (Lipinski definition) is 0. The van der Waals surface area contributed by atoms with E-state index in [9.17, 15) is 0 Å². The Morgan fingerprint density at radius 3 is 1.78 bits per heavy atom. The van der Waals surface area contributed by atoms with E-state index in [4.69, 9.17) is 0 Å². The molecule has 2 aromatic heterocycles. The average Bonchev–Trinajstić information content (AvgIpc) is 3.73. The Morgan fingerprint density at radius 2 is 1.04 bits per heavy atom. The highest BCUT2D eigenvalue weighted by Gasteiger charge is 2.63. The fourth-order valence-electron chi connectivity index (χ4n) is 15.0. The van der Waals surface area contributed by atoms with Crippen molar-refractivity contribution in [3.05, 3.63) is 84.9 Å². The summed E-state index contributed by atoms with van der Waals surface area (Å²) in [5.74, 6) is 10.2. The number of hydrogen-bond acceptors (Lipinski definition) is 1. The van der Waals surface area contributed by atoms with Crippen LogP contribution in [-0.2, 0) is 0 Å². The van der Waals surface area contributed by atoms with Crippen molar-refractivity contribution in [1.82, 2.24) is 4.57 Å². The Hall–Kier alpha value is -3.10. The molecule has 6 aliphatic carbocycles. The van der Waals surface area contributed by atoms with Gasteiger partial charge in [-0.1, -0.05) is 92.8 Å². The highest BCUT2D eigenvalue weighted by atomic mass is 32.1. The first-order valence-electron chi connectivity index (χ1n) is 20.7. The van der Waals surface area contributed by atoms with E-state index in [-0.39, 0.29) is 0 Å². The van der Waals surface area contributed by atoms with Gasteiger partial charge in [0, 0.05) is 48.0 Å². The summed E-state index contributed by atoms with van der Waals surface area (Å²) in [4.78, 5) is 0. The molecular formula is C48H51NS. The van der Waals surface area contributed by atoms with Crippen molar-refractivity contribution in [1.29, 1.82) is 0 Å². The van der Waals surface area contributed by atoms with E-state index in [0.717, 1.165) is 59.2 Å². The minimum Gasteiger partial charge on any atom is -0.337 e. The van der Waals surface area contributed by atoms with Crippen LogP contribution in [0.2, 0.25) is 0 Å². The molecule has 8 atom stereocenters. The van der Waals surface area contributed by atoms with Crippen LogP contribution in [0.5, 0.6) is 0 Å². The predicted molar refractivity (Wildman–Crippen MR) is 212 cm³/mol. The van der Waals surface area contributed by atoms with Crippen molar-refractivity contribution < 1.29 is 0 Å². The lowest BCUT2D eigenvalue weighted by Crippen LogP contribution is -2.62. The minimum absolute atomic E-state index is 0.627. The number of aromatic nitrogens is 1. The second kappa shape index (κ2) is 11.2. The van der Waals surface area contributed by atoms with Gasteiger partial charge in [-0.2, -0.15) is 0 Å². The zero-order chi connectivity index (χ0) is 32.5. The van der Waals surface area contributed by atoms with E-state index in [0.29, 0.717) is 6.04 Å². The van der Waals surface area contributed by atoms with E-state index in [1.54, 1.807) is 32.1 Å². The number of benzene rings is 4. The van der Waals surface area contributed by atoms with Crippen LogP contribution in [-0.4, -0.2) is 4.57 Å². The van der Waals surface area contributed by atoms with E-state index in [1.807, 2.05) is 11.3 Å². The summed E-state index contributed by atoms with van der Waals surface area (Å²) >= 11 is 1.96. The van der Waals surface area contributed by atoms with Crippen molar-refractivity contribution in [2.24, 2.45) is 59.2 Å². The molecule has 1 nitrogen and oxygen atoms in total. The number of para-hydroxylation sites is 1. The van der Waals surface area contributed by atoms with Crippen LogP contribution in [0.25, 0.3) is 53.1 Å². The van der Waals surface area contributed by atoms with Crippen molar-refractivity contribution >= 4 is 53.3 Å². The van der Waals surface area contributed by atoms with Gasteiger partial charge in [-0.3, -0.25) is 0 Å². The Morgan fingerprint density at radius 1 is 0.460 bits per heavy atom. The fraction of sp³-hybridized carbons (Fsp3) is 0.500. The van der Waals surface area contributed by atoms with E-state index >= 15 is 0 Å². The van der Waals surface area contributed by atoms with Crippen LogP contribution in [0.15, 0.2) is 84.9 Å². The monoisotopic (exact) mass is 673 g/mol. The lowest BCUT2D eigenvalue weighted by molar-refractivity contribution is -0.192. The molecule has 0 N–H and O–H groups in total. The first-order valence-corrected chi connectivity index (χ1v) is 21.6. The van der Waals surface area contributed by atoms with Gasteiger partial charge in [-0.15, -0.1) is 11.3 Å². The van der Waals surface area contributed by atoms with Gasteiger partial charge in [0.2, 0.25) is 0 Å². The molecule has 0 bridgehead atoms. The second-order valence-electron chi connectivity index (χ2n) is 18.0. The fourth-order valence-corrected chi connectivity index (χ4v) is 16.2. The molecule has 0 radical (unpaired) electrons. The van der Waals surface area contributed by atoms with Crippen molar-refractivity contribution in [3.63, 3.8) is 0 Å². The SMILES string of the molecule is c1ccc2c(c1)sc1c(-c3ccc4c(c3)c3ccccc3n4C3CC4C5CCCCC5C5CCCC6C7CCCCC7C(C3)C4C56)cccc12. The van der Waals surface area contributed by atoms with Gasteiger partial charge in [0.1, 0.15) is 0 Å². The molecule has 6 aliphatic rings. The quantitative estimate of drug-likeness (QED) is 0.172. The third-order valence-electron chi connectivity index (χ3n) is 16.3. The van der Waals surface area contributed by atoms with Gasteiger partial charge in [-0.05, 0) is 146 Å². The molecule has 2 heterocycles. The number of thiophene rings is 1. The van der Waals surface area contributed by atoms with Crippen LogP contribution in [0.4, 0.5) is 0 Å². The molecule has 0 amide bonds. The first-order chi connectivity index (χ1) is 24.8. The first kappa shape index (κ1) is 29.5. The summed E-state index contributed by atoms with van der Waals surface area (Å²) in [6, 6.07) is 33.6. The molecule has 8 unspecified atom stereocenters. The van der Waals surface area contributed by atoms with Gasteiger partial charge in [0.05, 0.1) is 0 Å². The second-order valence-corrected chi connectivity index (χ2v) is 19.0. The van der Waals surface area contributed by atoms with Gasteiger partial charge in [0.15, 0.2) is 0 Å². The summed E-state index contributed by atoms with van der Waals surface area (Å²) in [7, 11) is 0. The molecule has 0 spiro atoms. The normalized spacial score (nSPS) is 36.4.